The van der Waals surface area contributed by atoms with Gasteiger partial charge in [0.15, 0.2) is 0 Å². The molecule has 1 aromatic carbocycles. The highest BCUT2D eigenvalue weighted by atomic mass is 35.5. The van der Waals surface area contributed by atoms with Crippen molar-refractivity contribution in [2.45, 2.75) is 25.4 Å². The standard InChI is InChI=1S/C18H25ClN4/c1-21(13-17-8-5-9-22(17)2)11-15-12-23(3)20-18(15)14-6-4-7-16(19)10-14/h4,6-7,10,12,17H,5,8-9,11,13H2,1-3H3/t17-/m1/s1. The van der Waals surface area contributed by atoms with Crippen LogP contribution < -0.4 is 0 Å². The lowest BCUT2D eigenvalue weighted by Crippen LogP contribution is -2.36. The summed E-state index contributed by atoms with van der Waals surface area (Å²) < 4.78 is 1.89. The van der Waals surface area contributed by atoms with Crippen molar-refractivity contribution < 1.29 is 0 Å². The molecule has 0 unspecified atom stereocenters. The number of benzene rings is 1. The van der Waals surface area contributed by atoms with Crippen LogP contribution in [0.4, 0.5) is 0 Å². The second kappa shape index (κ2) is 7.04. The highest BCUT2D eigenvalue weighted by molar-refractivity contribution is 6.30. The zero-order valence-electron chi connectivity index (χ0n) is 14.2. The predicted octanol–water partition coefficient (Wildman–Crippen LogP) is 3.27. The monoisotopic (exact) mass is 332 g/mol. The second-order valence-electron chi connectivity index (χ2n) is 6.66. The van der Waals surface area contributed by atoms with E-state index in [1.807, 2.05) is 29.9 Å². The molecule has 1 fully saturated rings. The molecule has 0 spiro atoms. The SMILES string of the molecule is CN(Cc1cn(C)nc1-c1cccc(Cl)c1)C[C@H]1CCCN1C. The van der Waals surface area contributed by atoms with E-state index < -0.39 is 0 Å². The smallest absolute Gasteiger partial charge is 0.0968 e. The van der Waals surface area contributed by atoms with Crippen LogP contribution in [-0.2, 0) is 13.6 Å². The number of aryl methyl sites for hydroxylation is 1. The van der Waals surface area contributed by atoms with Crippen molar-refractivity contribution in [3.05, 3.63) is 41.0 Å². The minimum atomic E-state index is 0.672. The molecule has 2 aromatic rings. The van der Waals surface area contributed by atoms with Gasteiger partial charge < -0.3 is 9.80 Å². The summed E-state index contributed by atoms with van der Waals surface area (Å²) >= 11 is 6.14. The molecule has 3 rings (SSSR count). The van der Waals surface area contributed by atoms with E-state index in [0.29, 0.717) is 6.04 Å². The first-order valence-corrected chi connectivity index (χ1v) is 8.58. The van der Waals surface area contributed by atoms with Crippen LogP contribution in [0.3, 0.4) is 0 Å². The second-order valence-corrected chi connectivity index (χ2v) is 7.10. The fraction of sp³-hybridized carbons (Fsp3) is 0.500. The van der Waals surface area contributed by atoms with Crippen LogP contribution in [0.1, 0.15) is 18.4 Å². The molecule has 1 atom stereocenters. The maximum absolute atomic E-state index is 6.14. The van der Waals surface area contributed by atoms with Crippen molar-refractivity contribution in [3.8, 4) is 11.3 Å². The van der Waals surface area contributed by atoms with Gasteiger partial charge in [-0.25, -0.2) is 0 Å². The van der Waals surface area contributed by atoms with Gasteiger partial charge in [0.05, 0.1) is 5.69 Å². The van der Waals surface area contributed by atoms with Gasteiger partial charge in [0.2, 0.25) is 0 Å². The van der Waals surface area contributed by atoms with Gasteiger partial charge in [-0.15, -0.1) is 0 Å². The highest BCUT2D eigenvalue weighted by Gasteiger charge is 2.22. The predicted molar refractivity (Wildman–Crippen MR) is 95.6 cm³/mol. The first-order valence-electron chi connectivity index (χ1n) is 8.20. The molecule has 0 bridgehead atoms. The lowest BCUT2D eigenvalue weighted by atomic mass is 10.1. The summed E-state index contributed by atoms with van der Waals surface area (Å²) in [5.41, 5.74) is 3.36. The van der Waals surface area contributed by atoms with Crippen molar-refractivity contribution in [1.29, 1.82) is 0 Å². The Kier molecular flexibility index (Phi) is 5.05. The van der Waals surface area contributed by atoms with Gasteiger partial charge in [-0.2, -0.15) is 5.10 Å². The fourth-order valence-electron chi connectivity index (χ4n) is 3.46. The number of aromatic nitrogens is 2. The van der Waals surface area contributed by atoms with Crippen LogP contribution in [0, 0.1) is 0 Å². The van der Waals surface area contributed by atoms with Gasteiger partial charge >= 0.3 is 0 Å². The van der Waals surface area contributed by atoms with Gasteiger partial charge in [0, 0.05) is 48.5 Å². The number of rotatable bonds is 5. The Morgan fingerprint density at radius 3 is 2.87 bits per heavy atom. The largest absolute Gasteiger partial charge is 0.302 e. The molecule has 1 aromatic heterocycles. The summed E-state index contributed by atoms with van der Waals surface area (Å²) in [6, 6.07) is 8.61. The van der Waals surface area contributed by atoms with Gasteiger partial charge in [-0.3, -0.25) is 4.68 Å². The lowest BCUT2D eigenvalue weighted by molar-refractivity contribution is 0.215. The molecule has 1 saturated heterocycles. The number of likely N-dealkylation sites (tertiary alicyclic amines) is 1. The van der Waals surface area contributed by atoms with Gasteiger partial charge in [0.25, 0.3) is 0 Å². The molecule has 0 radical (unpaired) electrons. The Hall–Kier alpha value is -1.36. The molecule has 0 aliphatic carbocycles. The normalized spacial score (nSPS) is 18.9. The summed E-state index contributed by atoms with van der Waals surface area (Å²) in [5.74, 6) is 0. The maximum atomic E-state index is 6.14. The Balaban J connectivity index is 1.75. The molecule has 0 saturated carbocycles. The number of hydrogen-bond donors (Lipinski definition) is 0. The number of likely N-dealkylation sites (N-methyl/N-ethyl adjacent to an activating group) is 2. The third-order valence-corrected chi connectivity index (χ3v) is 4.87. The zero-order chi connectivity index (χ0) is 16.4. The van der Waals surface area contributed by atoms with Crippen LogP contribution in [0.5, 0.6) is 0 Å². The average Bonchev–Trinajstić information content (AvgIpc) is 3.05. The van der Waals surface area contributed by atoms with Crippen molar-refractivity contribution in [2.75, 3.05) is 27.2 Å². The summed E-state index contributed by atoms with van der Waals surface area (Å²) in [6.45, 7) is 3.22. The van der Waals surface area contributed by atoms with Crippen LogP contribution in [-0.4, -0.2) is 52.8 Å². The van der Waals surface area contributed by atoms with Gasteiger partial charge in [-0.05, 0) is 45.6 Å². The van der Waals surface area contributed by atoms with Crippen LogP contribution in [0.25, 0.3) is 11.3 Å². The minimum absolute atomic E-state index is 0.672. The first-order chi connectivity index (χ1) is 11.0. The molecular weight excluding hydrogens is 308 g/mol. The lowest BCUT2D eigenvalue weighted by Gasteiger charge is -2.25. The van der Waals surface area contributed by atoms with Crippen LogP contribution >= 0.6 is 11.6 Å². The van der Waals surface area contributed by atoms with Crippen LogP contribution in [0.2, 0.25) is 5.02 Å². The number of hydrogen-bond acceptors (Lipinski definition) is 3. The molecule has 1 aliphatic heterocycles. The summed E-state index contributed by atoms with van der Waals surface area (Å²) in [4.78, 5) is 4.87. The highest BCUT2D eigenvalue weighted by Crippen LogP contribution is 2.26. The molecule has 2 heterocycles. The molecule has 124 valence electrons. The Morgan fingerprint density at radius 2 is 2.17 bits per heavy atom. The third kappa shape index (κ3) is 3.94. The first kappa shape index (κ1) is 16.5. The Labute approximate surface area is 143 Å². The molecular formula is C18H25ClN4. The van der Waals surface area contributed by atoms with Crippen molar-refractivity contribution in [1.82, 2.24) is 19.6 Å². The quantitative estimate of drug-likeness (QED) is 0.840. The molecule has 0 amide bonds. The van der Waals surface area contributed by atoms with E-state index >= 15 is 0 Å². The Bertz CT molecular complexity index is 667. The summed E-state index contributed by atoms with van der Waals surface area (Å²) in [5, 5.41) is 5.39. The number of halogens is 1. The van der Waals surface area contributed by atoms with Gasteiger partial charge in [-0.1, -0.05) is 23.7 Å². The fourth-order valence-corrected chi connectivity index (χ4v) is 3.65. The molecule has 4 nitrogen and oxygen atoms in total. The van der Waals surface area contributed by atoms with E-state index in [4.69, 9.17) is 11.6 Å². The molecule has 5 heteroatoms. The van der Waals surface area contributed by atoms with E-state index in [9.17, 15) is 0 Å². The maximum Gasteiger partial charge on any atom is 0.0968 e. The van der Waals surface area contributed by atoms with Gasteiger partial charge in [0.1, 0.15) is 0 Å². The topological polar surface area (TPSA) is 24.3 Å². The van der Waals surface area contributed by atoms with Crippen molar-refractivity contribution >= 4 is 11.6 Å². The van der Waals surface area contributed by atoms with E-state index in [1.165, 1.54) is 24.9 Å². The average molecular weight is 333 g/mol. The molecule has 23 heavy (non-hydrogen) atoms. The van der Waals surface area contributed by atoms with Crippen LogP contribution in [0.15, 0.2) is 30.5 Å². The van der Waals surface area contributed by atoms with E-state index in [-0.39, 0.29) is 0 Å². The number of nitrogens with zero attached hydrogens (tertiary/aromatic N) is 4. The molecule has 1 aliphatic rings. The third-order valence-electron chi connectivity index (χ3n) is 4.64. The Morgan fingerprint density at radius 1 is 1.35 bits per heavy atom. The van der Waals surface area contributed by atoms with E-state index in [2.05, 4.69) is 41.3 Å². The zero-order valence-corrected chi connectivity index (χ0v) is 14.9. The minimum Gasteiger partial charge on any atom is -0.302 e. The summed E-state index contributed by atoms with van der Waals surface area (Å²) in [7, 11) is 6.40. The van der Waals surface area contributed by atoms with E-state index in [1.54, 1.807) is 0 Å². The van der Waals surface area contributed by atoms with E-state index in [0.717, 1.165) is 29.4 Å². The van der Waals surface area contributed by atoms with Crippen molar-refractivity contribution in [2.24, 2.45) is 7.05 Å². The van der Waals surface area contributed by atoms with Crippen molar-refractivity contribution in [3.63, 3.8) is 0 Å². The molecule has 0 N–H and O–H groups in total. The summed E-state index contributed by atoms with van der Waals surface area (Å²) in [6.07, 6.45) is 4.73.